The lowest BCUT2D eigenvalue weighted by Crippen LogP contribution is -2.19. The zero-order valence-corrected chi connectivity index (χ0v) is 17.8. The Morgan fingerprint density at radius 3 is 2.56 bits per heavy atom. The Kier molecular flexibility index (Phi) is 5.80. The third-order valence-electron chi connectivity index (χ3n) is 5.17. The smallest absolute Gasteiger partial charge is 0.357 e. The maximum Gasteiger partial charge on any atom is 0.357 e. The van der Waals surface area contributed by atoms with E-state index in [9.17, 15) is 9.59 Å². The fraction of sp³-hybridized carbons (Fsp3) is 0.174. The van der Waals surface area contributed by atoms with Gasteiger partial charge in [-0.05, 0) is 42.5 Å². The molecule has 0 aliphatic carbocycles. The summed E-state index contributed by atoms with van der Waals surface area (Å²) in [4.78, 5) is 25.7. The van der Waals surface area contributed by atoms with Gasteiger partial charge >= 0.3 is 5.97 Å². The Balaban J connectivity index is 1.62. The van der Waals surface area contributed by atoms with Crippen molar-refractivity contribution in [2.24, 2.45) is 7.05 Å². The molecule has 0 aliphatic rings. The Labute approximate surface area is 183 Å². The molecule has 0 fully saturated rings. The van der Waals surface area contributed by atoms with Crippen LogP contribution in [0.2, 0.25) is 0 Å². The van der Waals surface area contributed by atoms with E-state index in [1.54, 1.807) is 18.2 Å². The fourth-order valence-corrected chi connectivity index (χ4v) is 3.25. The van der Waals surface area contributed by atoms with Crippen molar-refractivity contribution >= 4 is 23.5 Å². The second-order valence-corrected chi connectivity index (χ2v) is 7.17. The van der Waals surface area contributed by atoms with E-state index >= 15 is 0 Å². The van der Waals surface area contributed by atoms with E-state index in [0.717, 1.165) is 11.4 Å². The third-order valence-corrected chi connectivity index (χ3v) is 5.17. The molecule has 0 unspecified atom stereocenters. The summed E-state index contributed by atoms with van der Waals surface area (Å²) in [5.41, 5.74) is 2.99. The van der Waals surface area contributed by atoms with E-state index in [4.69, 9.17) is 9.15 Å². The highest BCUT2D eigenvalue weighted by Crippen LogP contribution is 2.22. The zero-order chi connectivity index (χ0) is 22.7. The lowest BCUT2D eigenvalue weighted by atomic mass is 10.1. The predicted octanol–water partition coefficient (Wildman–Crippen LogP) is 3.31. The largest absolute Gasteiger partial charge is 0.465 e. The van der Waals surface area contributed by atoms with E-state index in [-0.39, 0.29) is 11.5 Å². The van der Waals surface area contributed by atoms with Crippen LogP contribution in [-0.4, -0.2) is 43.1 Å². The van der Waals surface area contributed by atoms with Gasteiger partial charge in [0.15, 0.2) is 18.1 Å². The van der Waals surface area contributed by atoms with E-state index in [0.29, 0.717) is 22.7 Å². The SMILES string of the molecule is Cc1cc(C(=O)COC(=O)C(=Cc2ccco2)n2nnnc2-c2ccccc2)c(C)n1C. The topological polar surface area (TPSA) is 105 Å². The number of nitrogens with zero attached hydrogens (tertiary/aromatic N) is 5. The van der Waals surface area contributed by atoms with Crippen LogP contribution >= 0.6 is 0 Å². The first-order valence-electron chi connectivity index (χ1n) is 9.88. The van der Waals surface area contributed by atoms with Crippen LogP contribution in [0.1, 0.15) is 27.5 Å². The molecule has 0 bridgehead atoms. The molecule has 3 aromatic heterocycles. The third kappa shape index (κ3) is 4.13. The number of ether oxygens (including phenoxy) is 1. The number of hydrogen-bond donors (Lipinski definition) is 0. The summed E-state index contributed by atoms with van der Waals surface area (Å²) < 4.78 is 13.9. The molecule has 32 heavy (non-hydrogen) atoms. The van der Waals surface area contributed by atoms with Crippen molar-refractivity contribution in [3.8, 4) is 11.4 Å². The van der Waals surface area contributed by atoms with Gasteiger partial charge in [0.2, 0.25) is 5.78 Å². The molecule has 0 amide bonds. The van der Waals surface area contributed by atoms with Gasteiger partial charge in [0, 0.05) is 35.6 Å². The van der Waals surface area contributed by atoms with Crippen LogP contribution in [0.4, 0.5) is 0 Å². The zero-order valence-electron chi connectivity index (χ0n) is 17.8. The second-order valence-electron chi connectivity index (χ2n) is 7.17. The van der Waals surface area contributed by atoms with E-state index < -0.39 is 12.6 Å². The lowest BCUT2D eigenvalue weighted by molar-refractivity contribution is -0.136. The summed E-state index contributed by atoms with van der Waals surface area (Å²) in [5, 5.41) is 11.7. The van der Waals surface area contributed by atoms with Crippen molar-refractivity contribution < 1.29 is 18.7 Å². The molecule has 0 saturated carbocycles. The maximum absolute atomic E-state index is 13.0. The number of aromatic nitrogens is 5. The van der Waals surface area contributed by atoms with Gasteiger partial charge in [-0.15, -0.1) is 5.10 Å². The number of esters is 1. The Hall–Kier alpha value is -4.27. The molecule has 0 spiro atoms. The first-order valence-corrected chi connectivity index (χ1v) is 9.88. The number of benzene rings is 1. The monoisotopic (exact) mass is 431 g/mol. The number of carbonyl (C=O) groups is 2. The molecule has 162 valence electrons. The van der Waals surface area contributed by atoms with Gasteiger partial charge in [0.25, 0.3) is 0 Å². The molecule has 3 heterocycles. The van der Waals surface area contributed by atoms with Crippen molar-refractivity contribution in [3.05, 3.63) is 77.5 Å². The van der Waals surface area contributed by atoms with Crippen LogP contribution in [-0.2, 0) is 16.6 Å². The predicted molar refractivity (Wildman–Crippen MR) is 116 cm³/mol. The Morgan fingerprint density at radius 1 is 1.12 bits per heavy atom. The van der Waals surface area contributed by atoms with Crippen molar-refractivity contribution in [2.45, 2.75) is 13.8 Å². The van der Waals surface area contributed by atoms with Crippen LogP contribution in [0.25, 0.3) is 23.2 Å². The van der Waals surface area contributed by atoms with Crippen molar-refractivity contribution in [1.29, 1.82) is 0 Å². The van der Waals surface area contributed by atoms with Gasteiger partial charge in [0.1, 0.15) is 5.76 Å². The minimum atomic E-state index is -0.760. The quantitative estimate of drug-likeness (QED) is 0.251. The van der Waals surface area contributed by atoms with Crippen LogP contribution in [0.15, 0.2) is 59.2 Å². The van der Waals surface area contributed by atoms with Crippen LogP contribution < -0.4 is 0 Å². The van der Waals surface area contributed by atoms with Gasteiger partial charge in [-0.25, -0.2) is 4.79 Å². The minimum Gasteiger partial charge on any atom is -0.465 e. The normalized spacial score (nSPS) is 11.5. The number of hydrogen-bond acceptors (Lipinski definition) is 7. The molecule has 0 atom stereocenters. The Morgan fingerprint density at radius 2 is 1.91 bits per heavy atom. The molecule has 4 rings (SSSR count). The number of rotatable bonds is 7. The standard InChI is InChI=1S/C23H21N5O4/c1-15-12-19(16(2)27(15)3)21(29)14-32-23(30)20(13-18-10-7-11-31-18)28-22(24-25-26-28)17-8-5-4-6-9-17/h4-13H,14H2,1-3H3. The Bertz CT molecular complexity index is 1280. The summed E-state index contributed by atoms with van der Waals surface area (Å²) in [6, 6.07) is 14.3. The molecule has 0 saturated heterocycles. The highest BCUT2D eigenvalue weighted by molar-refractivity contribution is 6.16. The summed E-state index contributed by atoms with van der Waals surface area (Å²) in [6.45, 7) is 3.34. The lowest BCUT2D eigenvalue weighted by Gasteiger charge is -2.09. The van der Waals surface area contributed by atoms with E-state index in [2.05, 4.69) is 15.5 Å². The van der Waals surface area contributed by atoms with Crippen LogP contribution in [0.5, 0.6) is 0 Å². The molecule has 1 aromatic carbocycles. The number of carbonyl (C=O) groups excluding carboxylic acids is 2. The summed E-state index contributed by atoms with van der Waals surface area (Å²) >= 11 is 0. The first kappa shape index (κ1) is 21.0. The van der Waals surface area contributed by atoms with Gasteiger partial charge in [-0.2, -0.15) is 4.68 Å². The molecule has 0 aliphatic heterocycles. The van der Waals surface area contributed by atoms with E-state index in [1.165, 1.54) is 17.0 Å². The van der Waals surface area contributed by atoms with Gasteiger partial charge < -0.3 is 13.7 Å². The minimum absolute atomic E-state index is 0.0116. The molecule has 0 radical (unpaired) electrons. The average Bonchev–Trinajstić information content (AvgIpc) is 3.55. The van der Waals surface area contributed by atoms with Gasteiger partial charge in [-0.3, -0.25) is 4.79 Å². The van der Waals surface area contributed by atoms with Crippen LogP contribution in [0.3, 0.4) is 0 Å². The molecule has 9 nitrogen and oxygen atoms in total. The highest BCUT2D eigenvalue weighted by atomic mass is 16.5. The maximum atomic E-state index is 13.0. The summed E-state index contributed by atoms with van der Waals surface area (Å²) in [5.74, 6) is -0.296. The van der Waals surface area contributed by atoms with Crippen LogP contribution in [0, 0.1) is 13.8 Å². The molecular formula is C23H21N5O4. The van der Waals surface area contributed by atoms with Gasteiger partial charge in [0.05, 0.1) is 6.26 Å². The molecule has 0 N–H and O–H groups in total. The molecule has 4 aromatic rings. The van der Waals surface area contributed by atoms with Crippen molar-refractivity contribution in [1.82, 2.24) is 24.8 Å². The highest BCUT2D eigenvalue weighted by Gasteiger charge is 2.23. The number of tetrazole rings is 1. The second kappa shape index (κ2) is 8.84. The summed E-state index contributed by atoms with van der Waals surface area (Å²) in [6.07, 6.45) is 2.95. The fourth-order valence-electron chi connectivity index (χ4n) is 3.25. The first-order chi connectivity index (χ1) is 15.5. The number of Topliss-reactive ketones (excluding diaryl/α,β-unsaturated/α-hetero) is 1. The number of aryl methyl sites for hydroxylation is 1. The molecular weight excluding hydrogens is 410 g/mol. The number of furan rings is 1. The summed E-state index contributed by atoms with van der Waals surface area (Å²) in [7, 11) is 1.88. The van der Waals surface area contributed by atoms with Crippen molar-refractivity contribution in [3.63, 3.8) is 0 Å². The average molecular weight is 431 g/mol. The number of ketones is 1. The molecule has 9 heteroatoms. The van der Waals surface area contributed by atoms with E-state index in [1.807, 2.05) is 55.8 Å². The van der Waals surface area contributed by atoms with Gasteiger partial charge in [-0.1, -0.05) is 30.3 Å². The van der Waals surface area contributed by atoms with Crippen molar-refractivity contribution in [2.75, 3.05) is 6.61 Å².